The number of hydrogen-bond donors (Lipinski definition) is 0. The van der Waals surface area contributed by atoms with Crippen molar-refractivity contribution in [2.45, 2.75) is 13.8 Å². The van der Waals surface area contributed by atoms with Gasteiger partial charge in [-0.1, -0.05) is 60.7 Å². The van der Waals surface area contributed by atoms with Gasteiger partial charge in [0.05, 0.1) is 5.69 Å². The van der Waals surface area contributed by atoms with E-state index >= 15 is 0 Å². The molecule has 2 aliphatic rings. The molecule has 4 aromatic carbocycles. The zero-order valence-electron chi connectivity index (χ0n) is 19.6. The molecule has 166 valence electrons. The Morgan fingerprint density at radius 1 is 0.629 bits per heavy atom. The van der Waals surface area contributed by atoms with Crippen LogP contribution in [-0.4, -0.2) is 11.7 Å². The van der Waals surface area contributed by atoms with Crippen LogP contribution < -0.4 is 25.9 Å². The fourth-order valence-electron chi connectivity index (χ4n) is 5.57. The normalized spacial score (nSPS) is 12.7. The second kappa shape index (κ2) is 7.61. The van der Waals surface area contributed by atoms with Crippen molar-refractivity contribution in [3.05, 3.63) is 108 Å². The fourth-order valence-corrected chi connectivity index (χ4v) is 5.57. The van der Waals surface area contributed by atoms with E-state index in [-0.39, 0.29) is 6.71 Å². The quantitative estimate of drug-likeness (QED) is 0.313. The lowest BCUT2D eigenvalue weighted by molar-refractivity contribution is 0.465. The molecule has 1 aromatic heterocycles. The van der Waals surface area contributed by atoms with Gasteiger partial charge in [0.2, 0.25) is 0 Å². The fraction of sp³-hybridized carbons (Fsp3) is 0.0645. The molecule has 0 radical (unpaired) electrons. The summed E-state index contributed by atoms with van der Waals surface area (Å²) < 4.78 is 12.8. The highest BCUT2D eigenvalue weighted by Gasteiger charge is 2.40. The molecule has 4 heteroatoms. The first-order valence-electron chi connectivity index (χ1n) is 11.9. The molecule has 35 heavy (non-hydrogen) atoms. The number of rotatable bonds is 2. The highest BCUT2D eigenvalue weighted by atomic mass is 16.5. The standard InChI is InChI=1S/C31H22BNO2/c1-19-8-5-9-20(2)29(19)21-16-17-25(33-18-21)22-10-6-12-24-31(22)35-28-15-7-14-27-30(28)32(24)23-11-3-4-13-26(23)34-27/h3-18H,1-2H3. The zero-order valence-corrected chi connectivity index (χ0v) is 19.6. The molecular weight excluding hydrogens is 429 g/mol. The number of para-hydroxylation sites is 2. The molecule has 0 bridgehead atoms. The lowest BCUT2D eigenvalue weighted by atomic mass is 9.34. The molecule has 3 nitrogen and oxygen atoms in total. The van der Waals surface area contributed by atoms with Crippen molar-refractivity contribution >= 4 is 23.1 Å². The molecule has 0 atom stereocenters. The van der Waals surface area contributed by atoms with Crippen LogP contribution in [0.3, 0.4) is 0 Å². The number of nitrogens with zero attached hydrogens (tertiary/aromatic N) is 1. The van der Waals surface area contributed by atoms with Crippen LogP contribution in [0.15, 0.2) is 97.2 Å². The van der Waals surface area contributed by atoms with Gasteiger partial charge in [-0.05, 0) is 71.8 Å². The van der Waals surface area contributed by atoms with Crippen LogP contribution in [0.2, 0.25) is 0 Å². The molecule has 2 aliphatic heterocycles. The number of fused-ring (bicyclic) bond motifs is 4. The molecule has 0 spiro atoms. The first-order valence-corrected chi connectivity index (χ1v) is 11.9. The number of aromatic nitrogens is 1. The molecule has 0 fully saturated rings. The minimum atomic E-state index is 0.0590. The third kappa shape index (κ3) is 3.03. The molecule has 0 N–H and O–H groups in total. The first kappa shape index (κ1) is 20.1. The number of ether oxygens (including phenoxy) is 2. The summed E-state index contributed by atoms with van der Waals surface area (Å²) in [6.07, 6.45) is 1.97. The van der Waals surface area contributed by atoms with Crippen molar-refractivity contribution < 1.29 is 9.47 Å². The summed E-state index contributed by atoms with van der Waals surface area (Å²) in [4.78, 5) is 4.89. The maximum absolute atomic E-state index is 6.56. The summed E-state index contributed by atoms with van der Waals surface area (Å²) in [5.74, 6) is 3.47. The Balaban J connectivity index is 1.38. The maximum Gasteiger partial charge on any atom is 0.260 e. The average molecular weight is 451 g/mol. The van der Waals surface area contributed by atoms with Gasteiger partial charge in [0.15, 0.2) is 0 Å². The van der Waals surface area contributed by atoms with Gasteiger partial charge < -0.3 is 9.47 Å². The molecule has 5 aromatic rings. The topological polar surface area (TPSA) is 31.4 Å². The lowest BCUT2D eigenvalue weighted by Crippen LogP contribution is -2.57. The van der Waals surface area contributed by atoms with Crippen LogP contribution in [0.25, 0.3) is 22.4 Å². The molecule has 0 aliphatic carbocycles. The monoisotopic (exact) mass is 451 g/mol. The van der Waals surface area contributed by atoms with E-state index in [0.29, 0.717) is 0 Å². The van der Waals surface area contributed by atoms with E-state index in [0.717, 1.165) is 56.2 Å². The summed E-state index contributed by atoms with van der Waals surface area (Å²) >= 11 is 0. The van der Waals surface area contributed by atoms with E-state index in [2.05, 4.69) is 74.5 Å². The molecule has 0 saturated heterocycles. The molecular formula is C31H22BNO2. The summed E-state index contributed by atoms with van der Waals surface area (Å²) in [6, 6.07) is 31.3. The molecule has 0 amide bonds. The van der Waals surface area contributed by atoms with Crippen molar-refractivity contribution in [2.75, 3.05) is 0 Å². The predicted octanol–water partition coefficient (Wildman–Crippen LogP) is 5.76. The Kier molecular flexibility index (Phi) is 4.37. The summed E-state index contributed by atoms with van der Waals surface area (Å²) in [5.41, 5.74) is 10.2. The smallest absolute Gasteiger partial charge is 0.260 e. The SMILES string of the molecule is Cc1cccc(C)c1-c1ccc(-c2cccc3c2Oc2cccc4c2B3c2ccccc2O4)nc1. The van der Waals surface area contributed by atoms with Gasteiger partial charge in [0, 0.05) is 22.8 Å². The second-order valence-corrected chi connectivity index (χ2v) is 9.27. The number of hydrogen-bond acceptors (Lipinski definition) is 3. The van der Waals surface area contributed by atoms with E-state index in [1.54, 1.807) is 0 Å². The van der Waals surface area contributed by atoms with E-state index in [9.17, 15) is 0 Å². The van der Waals surface area contributed by atoms with Gasteiger partial charge in [-0.2, -0.15) is 0 Å². The minimum absolute atomic E-state index is 0.0590. The van der Waals surface area contributed by atoms with Crippen LogP contribution in [0.1, 0.15) is 11.1 Å². The van der Waals surface area contributed by atoms with Crippen LogP contribution in [0.4, 0.5) is 0 Å². The molecule has 7 rings (SSSR count). The Morgan fingerprint density at radius 2 is 1.31 bits per heavy atom. The lowest BCUT2D eigenvalue weighted by Gasteiger charge is -2.33. The van der Waals surface area contributed by atoms with E-state index < -0.39 is 0 Å². The highest BCUT2D eigenvalue weighted by Crippen LogP contribution is 2.38. The second-order valence-electron chi connectivity index (χ2n) is 9.27. The molecule has 0 unspecified atom stereocenters. The zero-order chi connectivity index (χ0) is 23.5. The predicted molar refractivity (Wildman–Crippen MR) is 142 cm³/mol. The van der Waals surface area contributed by atoms with Gasteiger partial charge in [-0.3, -0.25) is 4.98 Å². The van der Waals surface area contributed by atoms with E-state index in [1.165, 1.54) is 16.7 Å². The Labute approximate surface area is 205 Å². The highest BCUT2D eigenvalue weighted by molar-refractivity contribution is 6.98. The van der Waals surface area contributed by atoms with Gasteiger partial charge in [0.1, 0.15) is 23.0 Å². The largest absolute Gasteiger partial charge is 0.458 e. The molecule has 3 heterocycles. The summed E-state index contributed by atoms with van der Waals surface area (Å²) in [6.45, 7) is 4.35. The van der Waals surface area contributed by atoms with Crippen molar-refractivity contribution in [2.24, 2.45) is 0 Å². The molecule has 0 saturated carbocycles. The number of pyridine rings is 1. The Morgan fingerprint density at radius 3 is 2.11 bits per heavy atom. The van der Waals surface area contributed by atoms with Gasteiger partial charge in [-0.25, -0.2) is 0 Å². The van der Waals surface area contributed by atoms with Crippen LogP contribution in [0, 0.1) is 13.8 Å². The Bertz CT molecular complexity index is 1600. The average Bonchev–Trinajstić information content (AvgIpc) is 2.88. The van der Waals surface area contributed by atoms with Crippen LogP contribution >= 0.6 is 0 Å². The van der Waals surface area contributed by atoms with Crippen molar-refractivity contribution in [1.82, 2.24) is 4.98 Å². The maximum atomic E-state index is 6.56. The van der Waals surface area contributed by atoms with Gasteiger partial charge in [-0.15, -0.1) is 0 Å². The third-order valence-electron chi connectivity index (χ3n) is 7.14. The minimum Gasteiger partial charge on any atom is -0.458 e. The van der Waals surface area contributed by atoms with Gasteiger partial charge in [0.25, 0.3) is 6.71 Å². The van der Waals surface area contributed by atoms with Crippen molar-refractivity contribution in [1.29, 1.82) is 0 Å². The van der Waals surface area contributed by atoms with Crippen LogP contribution in [-0.2, 0) is 0 Å². The number of benzene rings is 4. The van der Waals surface area contributed by atoms with Gasteiger partial charge >= 0.3 is 0 Å². The van der Waals surface area contributed by atoms with Crippen molar-refractivity contribution in [3.8, 4) is 45.4 Å². The number of aryl methyl sites for hydroxylation is 2. The van der Waals surface area contributed by atoms with E-state index in [1.807, 2.05) is 36.5 Å². The first-order chi connectivity index (χ1) is 17.2. The summed E-state index contributed by atoms with van der Waals surface area (Å²) in [7, 11) is 0. The van der Waals surface area contributed by atoms with E-state index in [4.69, 9.17) is 14.5 Å². The Hall–Kier alpha value is -4.31. The summed E-state index contributed by atoms with van der Waals surface area (Å²) in [5, 5.41) is 0. The van der Waals surface area contributed by atoms with Crippen molar-refractivity contribution in [3.63, 3.8) is 0 Å². The third-order valence-corrected chi connectivity index (χ3v) is 7.14. The van der Waals surface area contributed by atoms with Crippen LogP contribution in [0.5, 0.6) is 23.0 Å².